The van der Waals surface area contributed by atoms with Crippen LogP contribution in [0.15, 0.2) is 24.3 Å². The highest BCUT2D eigenvalue weighted by Crippen LogP contribution is 2.44. The van der Waals surface area contributed by atoms with Crippen molar-refractivity contribution in [3.05, 3.63) is 45.8 Å². The number of benzene rings is 1. The lowest BCUT2D eigenvalue weighted by Gasteiger charge is -2.33. The number of thiophene rings is 1. The second-order valence-corrected chi connectivity index (χ2v) is 14.1. The van der Waals surface area contributed by atoms with Gasteiger partial charge in [-0.15, -0.1) is 11.3 Å². The number of aryl methyl sites for hydroxylation is 1. The van der Waals surface area contributed by atoms with Crippen molar-refractivity contribution in [2.45, 2.75) is 59.4 Å². The predicted molar refractivity (Wildman–Crippen MR) is 139 cm³/mol. The second-order valence-electron chi connectivity index (χ2n) is 10.7. The molecule has 190 valence electrons. The summed E-state index contributed by atoms with van der Waals surface area (Å²) < 4.78 is 29.4. The van der Waals surface area contributed by atoms with Crippen molar-refractivity contribution in [3.63, 3.8) is 0 Å². The second kappa shape index (κ2) is 9.93. The number of fused-ring (bicyclic) bond motifs is 1. The molecule has 0 bridgehead atoms. The number of amides is 2. The Morgan fingerprint density at radius 3 is 2.63 bits per heavy atom. The normalized spacial score (nSPS) is 21.3. The molecule has 2 aliphatic rings. The SMILES string of the molecule is Cc1cccc(OCC(=O)Nc2sc3c(c2C(=O)N[C@@H]2CCS(=O)(=O)C2)CC[C@H](C(C)(C)C)C3)c1. The Balaban J connectivity index is 1.54. The Bertz CT molecular complexity index is 1230. The molecule has 2 heterocycles. The molecule has 2 amide bonds. The predicted octanol–water partition coefficient (Wildman–Crippen LogP) is 4.14. The van der Waals surface area contributed by atoms with Crippen LogP contribution in [-0.4, -0.2) is 44.4 Å². The largest absolute Gasteiger partial charge is 0.484 e. The minimum absolute atomic E-state index is 0.0385. The fourth-order valence-electron chi connectivity index (χ4n) is 4.84. The van der Waals surface area contributed by atoms with Gasteiger partial charge in [-0.3, -0.25) is 9.59 Å². The van der Waals surface area contributed by atoms with Gasteiger partial charge in [-0.2, -0.15) is 0 Å². The summed E-state index contributed by atoms with van der Waals surface area (Å²) in [7, 11) is -3.12. The van der Waals surface area contributed by atoms with E-state index in [0.717, 1.165) is 35.3 Å². The molecule has 1 aromatic heterocycles. The van der Waals surface area contributed by atoms with Crippen molar-refractivity contribution in [3.8, 4) is 5.75 Å². The molecule has 1 saturated heterocycles. The first-order valence-corrected chi connectivity index (χ1v) is 14.7. The smallest absolute Gasteiger partial charge is 0.262 e. The molecule has 1 fully saturated rings. The molecular weight excluding hydrogens is 484 g/mol. The van der Waals surface area contributed by atoms with Gasteiger partial charge in [0.05, 0.1) is 17.1 Å². The first kappa shape index (κ1) is 25.7. The first-order chi connectivity index (χ1) is 16.4. The Morgan fingerprint density at radius 2 is 1.97 bits per heavy atom. The summed E-state index contributed by atoms with van der Waals surface area (Å²) in [6.45, 7) is 8.48. The number of carbonyl (C=O) groups is 2. The molecule has 0 saturated carbocycles. The Morgan fingerprint density at radius 1 is 1.20 bits per heavy atom. The van der Waals surface area contributed by atoms with Gasteiger partial charge in [0.2, 0.25) is 0 Å². The van der Waals surface area contributed by atoms with Crippen molar-refractivity contribution >= 4 is 38.0 Å². The van der Waals surface area contributed by atoms with E-state index in [-0.39, 0.29) is 35.3 Å². The number of nitrogens with one attached hydrogen (secondary N) is 2. The minimum atomic E-state index is -3.12. The Kier molecular flexibility index (Phi) is 7.29. The first-order valence-electron chi connectivity index (χ1n) is 12.1. The summed E-state index contributed by atoms with van der Waals surface area (Å²) in [6, 6.07) is 7.08. The standard InChI is InChI=1S/C26H34N2O5S2/c1-16-6-5-7-19(12-16)33-14-22(29)28-25-23(24(30)27-18-10-11-35(31,32)15-18)20-9-8-17(26(2,3)4)13-21(20)34-25/h5-7,12,17-18H,8-11,13-15H2,1-4H3,(H,27,30)(H,28,29)/t17-,18+/m0/s1. The van der Waals surface area contributed by atoms with Crippen LogP contribution in [0, 0.1) is 18.3 Å². The van der Waals surface area contributed by atoms with Crippen LogP contribution >= 0.6 is 11.3 Å². The molecule has 1 aliphatic heterocycles. The monoisotopic (exact) mass is 518 g/mol. The van der Waals surface area contributed by atoms with Crippen LogP contribution in [0.25, 0.3) is 0 Å². The number of hydrogen-bond acceptors (Lipinski definition) is 6. The van der Waals surface area contributed by atoms with E-state index < -0.39 is 15.9 Å². The fourth-order valence-corrected chi connectivity index (χ4v) is 7.85. The summed E-state index contributed by atoms with van der Waals surface area (Å²) in [5.41, 5.74) is 2.64. The van der Waals surface area contributed by atoms with E-state index in [1.165, 1.54) is 11.3 Å². The van der Waals surface area contributed by atoms with Gasteiger partial charge < -0.3 is 15.4 Å². The average Bonchev–Trinajstić information content (AvgIpc) is 3.29. The van der Waals surface area contributed by atoms with E-state index in [2.05, 4.69) is 31.4 Å². The Hall–Kier alpha value is -2.39. The van der Waals surface area contributed by atoms with Crippen LogP contribution in [-0.2, 0) is 27.5 Å². The number of hydrogen-bond donors (Lipinski definition) is 2. The van der Waals surface area contributed by atoms with Crippen LogP contribution in [0.4, 0.5) is 5.00 Å². The van der Waals surface area contributed by atoms with Crippen molar-refractivity contribution in [2.24, 2.45) is 11.3 Å². The van der Waals surface area contributed by atoms with Gasteiger partial charge in [0.25, 0.3) is 11.8 Å². The van der Waals surface area contributed by atoms with Gasteiger partial charge in [-0.05, 0) is 67.2 Å². The maximum absolute atomic E-state index is 13.4. The summed E-state index contributed by atoms with van der Waals surface area (Å²) >= 11 is 1.45. The zero-order valence-corrected chi connectivity index (χ0v) is 22.4. The molecule has 2 N–H and O–H groups in total. The number of ether oxygens (including phenoxy) is 1. The van der Waals surface area contributed by atoms with Gasteiger partial charge in [-0.1, -0.05) is 32.9 Å². The molecular formula is C26H34N2O5S2. The van der Waals surface area contributed by atoms with Gasteiger partial charge in [0, 0.05) is 10.9 Å². The zero-order chi connectivity index (χ0) is 25.4. The molecule has 35 heavy (non-hydrogen) atoms. The van der Waals surface area contributed by atoms with E-state index >= 15 is 0 Å². The third kappa shape index (κ3) is 6.25. The molecule has 0 radical (unpaired) electrons. The lowest BCUT2D eigenvalue weighted by Crippen LogP contribution is -2.36. The van der Waals surface area contributed by atoms with E-state index in [1.54, 1.807) is 6.07 Å². The lowest BCUT2D eigenvalue weighted by molar-refractivity contribution is -0.118. The topological polar surface area (TPSA) is 102 Å². The third-order valence-electron chi connectivity index (χ3n) is 6.90. The van der Waals surface area contributed by atoms with Crippen molar-refractivity contribution < 1.29 is 22.7 Å². The van der Waals surface area contributed by atoms with Crippen LogP contribution in [0.1, 0.15) is 60.0 Å². The van der Waals surface area contributed by atoms with Gasteiger partial charge in [-0.25, -0.2) is 8.42 Å². The molecule has 9 heteroatoms. The molecule has 4 rings (SSSR count). The Labute approximate surface area is 211 Å². The third-order valence-corrected chi connectivity index (χ3v) is 9.83. The molecule has 0 unspecified atom stereocenters. The molecule has 2 aromatic rings. The zero-order valence-electron chi connectivity index (χ0n) is 20.8. The summed E-state index contributed by atoms with van der Waals surface area (Å²) in [6.07, 6.45) is 3.00. The van der Waals surface area contributed by atoms with Gasteiger partial charge in [0.1, 0.15) is 10.8 Å². The summed E-state index contributed by atoms with van der Waals surface area (Å²) in [5, 5.41) is 6.33. The van der Waals surface area contributed by atoms with Gasteiger partial charge in [0.15, 0.2) is 16.4 Å². The van der Waals surface area contributed by atoms with Crippen molar-refractivity contribution in [1.29, 1.82) is 0 Å². The van der Waals surface area contributed by atoms with Gasteiger partial charge >= 0.3 is 0 Å². The van der Waals surface area contributed by atoms with Crippen LogP contribution in [0.5, 0.6) is 5.75 Å². The van der Waals surface area contributed by atoms with E-state index in [4.69, 9.17) is 4.74 Å². The maximum atomic E-state index is 13.4. The van der Waals surface area contributed by atoms with Crippen LogP contribution in [0.3, 0.4) is 0 Å². The number of anilines is 1. The number of rotatable bonds is 6. The average molecular weight is 519 g/mol. The van der Waals surface area contributed by atoms with Crippen molar-refractivity contribution in [2.75, 3.05) is 23.4 Å². The van der Waals surface area contributed by atoms with Crippen LogP contribution < -0.4 is 15.4 Å². The van der Waals surface area contributed by atoms with E-state index in [0.29, 0.717) is 28.7 Å². The summed E-state index contributed by atoms with van der Waals surface area (Å²) in [4.78, 5) is 27.3. The molecule has 0 spiro atoms. The lowest BCUT2D eigenvalue weighted by atomic mass is 9.72. The number of carbonyl (C=O) groups excluding carboxylic acids is 2. The highest BCUT2D eigenvalue weighted by atomic mass is 32.2. The number of sulfone groups is 1. The molecule has 1 aliphatic carbocycles. The summed E-state index contributed by atoms with van der Waals surface area (Å²) in [5.74, 6) is 0.497. The highest BCUT2D eigenvalue weighted by Gasteiger charge is 2.36. The maximum Gasteiger partial charge on any atom is 0.262 e. The van der Waals surface area contributed by atoms with E-state index in [1.807, 2.05) is 25.1 Å². The van der Waals surface area contributed by atoms with Crippen LogP contribution in [0.2, 0.25) is 0 Å². The van der Waals surface area contributed by atoms with E-state index in [9.17, 15) is 18.0 Å². The highest BCUT2D eigenvalue weighted by molar-refractivity contribution is 7.91. The van der Waals surface area contributed by atoms with Crippen molar-refractivity contribution in [1.82, 2.24) is 5.32 Å². The minimum Gasteiger partial charge on any atom is -0.484 e. The quantitative estimate of drug-likeness (QED) is 0.599. The molecule has 1 aromatic carbocycles. The molecule has 7 nitrogen and oxygen atoms in total. The fraction of sp³-hybridized carbons (Fsp3) is 0.538. The molecule has 2 atom stereocenters.